The molecular formula is C14H25N3O3S. The van der Waals surface area contributed by atoms with Gasteiger partial charge in [0.05, 0.1) is 12.7 Å². The number of ether oxygens (including phenoxy) is 1. The van der Waals surface area contributed by atoms with Crippen LogP contribution in [0, 0.1) is 0 Å². The Kier molecular flexibility index (Phi) is 7.24. The van der Waals surface area contributed by atoms with Gasteiger partial charge in [-0.25, -0.2) is 18.1 Å². The van der Waals surface area contributed by atoms with Crippen LogP contribution in [0.25, 0.3) is 0 Å². The van der Waals surface area contributed by atoms with Crippen molar-refractivity contribution < 1.29 is 13.2 Å². The summed E-state index contributed by atoms with van der Waals surface area (Å²) in [6.45, 7) is 9.15. The maximum Gasteiger partial charge on any atom is 0.258 e. The first-order valence-electron chi connectivity index (χ1n) is 7.11. The van der Waals surface area contributed by atoms with Gasteiger partial charge in [0.2, 0.25) is 0 Å². The highest BCUT2D eigenvalue weighted by Gasteiger charge is 2.14. The van der Waals surface area contributed by atoms with E-state index >= 15 is 0 Å². The summed E-state index contributed by atoms with van der Waals surface area (Å²) < 4.78 is 31.8. The number of sulfonamides is 1. The lowest BCUT2D eigenvalue weighted by atomic mass is 10.2. The average Bonchev–Trinajstić information content (AvgIpc) is 2.41. The third-order valence-electron chi connectivity index (χ3n) is 2.63. The zero-order valence-electron chi connectivity index (χ0n) is 13.1. The Hall–Kier alpha value is -1.02. The third-order valence-corrected chi connectivity index (χ3v) is 4.01. The second-order valence-corrected chi connectivity index (χ2v) is 7.07. The van der Waals surface area contributed by atoms with E-state index in [0.29, 0.717) is 19.2 Å². The van der Waals surface area contributed by atoms with E-state index in [-0.39, 0.29) is 17.7 Å². The number of nitrogens with zero attached hydrogens (tertiary/aromatic N) is 1. The van der Waals surface area contributed by atoms with Crippen LogP contribution in [0.4, 0.5) is 0 Å². The van der Waals surface area contributed by atoms with E-state index in [0.717, 1.165) is 5.56 Å². The van der Waals surface area contributed by atoms with E-state index in [1.54, 1.807) is 12.3 Å². The second kappa shape index (κ2) is 8.43. The lowest BCUT2D eigenvalue weighted by Crippen LogP contribution is -2.29. The van der Waals surface area contributed by atoms with Crippen molar-refractivity contribution in [3.63, 3.8) is 0 Å². The van der Waals surface area contributed by atoms with Gasteiger partial charge in [-0.1, -0.05) is 19.9 Å². The van der Waals surface area contributed by atoms with Gasteiger partial charge in [-0.3, -0.25) is 0 Å². The molecule has 0 atom stereocenters. The predicted octanol–water partition coefficient (Wildman–Crippen LogP) is 1.28. The highest BCUT2D eigenvalue weighted by molar-refractivity contribution is 7.89. The summed E-state index contributed by atoms with van der Waals surface area (Å²) in [6.07, 6.45) is 1.66. The van der Waals surface area contributed by atoms with Crippen molar-refractivity contribution in [1.82, 2.24) is 15.0 Å². The van der Waals surface area contributed by atoms with Crippen molar-refractivity contribution in [3.8, 4) is 0 Å². The van der Waals surface area contributed by atoms with E-state index in [1.165, 1.54) is 6.07 Å². The molecule has 21 heavy (non-hydrogen) atoms. The summed E-state index contributed by atoms with van der Waals surface area (Å²) in [4.78, 5) is 4.01. The highest BCUT2D eigenvalue weighted by Crippen LogP contribution is 2.06. The fraction of sp³-hybridized carbons (Fsp3) is 0.643. The molecule has 1 heterocycles. The summed E-state index contributed by atoms with van der Waals surface area (Å²) in [5.74, 6) is 0. The Morgan fingerprint density at radius 3 is 2.48 bits per heavy atom. The van der Waals surface area contributed by atoms with Crippen LogP contribution in [0.5, 0.6) is 0 Å². The quantitative estimate of drug-likeness (QED) is 0.671. The van der Waals surface area contributed by atoms with E-state index in [9.17, 15) is 8.42 Å². The second-order valence-electron chi connectivity index (χ2n) is 5.36. The monoisotopic (exact) mass is 315 g/mol. The number of hydrogen-bond donors (Lipinski definition) is 2. The number of hydrogen-bond acceptors (Lipinski definition) is 5. The zero-order valence-corrected chi connectivity index (χ0v) is 13.9. The molecule has 0 aliphatic heterocycles. The largest absolute Gasteiger partial charge is 0.377 e. The van der Waals surface area contributed by atoms with E-state index in [4.69, 9.17) is 4.74 Å². The summed E-state index contributed by atoms with van der Waals surface area (Å²) in [5, 5.41) is 3.28. The van der Waals surface area contributed by atoms with Gasteiger partial charge in [0, 0.05) is 25.3 Å². The molecule has 7 heteroatoms. The number of nitrogens with one attached hydrogen (secondary N) is 2. The van der Waals surface area contributed by atoms with Crippen LogP contribution >= 0.6 is 0 Å². The first-order chi connectivity index (χ1) is 9.81. The first kappa shape index (κ1) is 18.0. The van der Waals surface area contributed by atoms with Gasteiger partial charge in [-0.15, -0.1) is 0 Å². The molecule has 0 fully saturated rings. The minimum Gasteiger partial charge on any atom is -0.377 e. The molecular weight excluding hydrogens is 290 g/mol. The fourth-order valence-electron chi connectivity index (χ4n) is 1.54. The van der Waals surface area contributed by atoms with Crippen molar-refractivity contribution in [3.05, 3.63) is 23.9 Å². The van der Waals surface area contributed by atoms with Crippen LogP contribution in [0.1, 0.15) is 33.3 Å². The first-order valence-corrected chi connectivity index (χ1v) is 8.59. The SMILES string of the molecule is CC(C)NCc1ccc(S(=O)(=O)NCCOC(C)C)nc1. The Morgan fingerprint density at radius 1 is 1.24 bits per heavy atom. The molecule has 0 aliphatic rings. The summed E-state index contributed by atoms with van der Waals surface area (Å²) in [6, 6.07) is 3.65. The zero-order chi connectivity index (χ0) is 15.9. The molecule has 1 aromatic rings. The Morgan fingerprint density at radius 2 is 1.95 bits per heavy atom. The molecule has 0 bridgehead atoms. The Bertz CT molecular complexity index is 513. The van der Waals surface area contributed by atoms with E-state index in [2.05, 4.69) is 28.9 Å². The summed E-state index contributed by atoms with van der Waals surface area (Å²) >= 11 is 0. The van der Waals surface area contributed by atoms with Crippen LogP contribution in [0.2, 0.25) is 0 Å². The molecule has 0 radical (unpaired) electrons. The normalized spacial score (nSPS) is 12.3. The van der Waals surface area contributed by atoms with E-state index < -0.39 is 10.0 Å². The lowest BCUT2D eigenvalue weighted by molar-refractivity contribution is 0.0834. The Labute approximate surface area is 127 Å². The molecule has 120 valence electrons. The topological polar surface area (TPSA) is 80.3 Å². The van der Waals surface area contributed by atoms with Crippen molar-refractivity contribution >= 4 is 10.0 Å². The maximum atomic E-state index is 12.0. The predicted molar refractivity (Wildman–Crippen MR) is 82.5 cm³/mol. The van der Waals surface area contributed by atoms with Crippen LogP contribution in [0.3, 0.4) is 0 Å². The van der Waals surface area contributed by atoms with Gasteiger partial charge in [-0.2, -0.15) is 0 Å². The van der Waals surface area contributed by atoms with Gasteiger partial charge < -0.3 is 10.1 Å². The molecule has 1 aromatic heterocycles. The molecule has 2 N–H and O–H groups in total. The van der Waals surface area contributed by atoms with Crippen LogP contribution in [-0.4, -0.2) is 38.7 Å². The smallest absolute Gasteiger partial charge is 0.258 e. The maximum absolute atomic E-state index is 12.0. The van der Waals surface area contributed by atoms with Gasteiger partial charge >= 0.3 is 0 Å². The molecule has 6 nitrogen and oxygen atoms in total. The molecule has 0 aliphatic carbocycles. The molecule has 0 spiro atoms. The lowest BCUT2D eigenvalue weighted by Gasteiger charge is -2.10. The van der Waals surface area contributed by atoms with Crippen LogP contribution < -0.4 is 10.0 Å². The van der Waals surface area contributed by atoms with Crippen LogP contribution in [0.15, 0.2) is 23.4 Å². The summed E-state index contributed by atoms with van der Waals surface area (Å²) in [5.41, 5.74) is 0.950. The number of rotatable bonds is 9. The van der Waals surface area contributed by atoms with Gasteiger partial charge in [0.25, 0.3) is 10.0 Å². The molecule has 0 aromatic carbocycles. The van der Waals surface area contributed by atoms with Crippen molar-refractivity contribution in [2.24, 2.45) is 0 Å². The number of pyridine rings is 1. The van der Waals surface area contributed by atoms with Gasteiger partial charge in [0.15, 0.2) is 5.03 Å². The fourth-order valence-corrected chi connectivity index (χ4v) is 2.48. The average molecular weight is 315 g/mol. The molecule has 0 saturated carbocycles. The summed E-state index contributed by atoms with van der Waals surface area (Å²) in [7, 11) is -3.57. The number of aromatic nitrogens is 1. The Balaban J connectivity index is 2.54. The minimum atomic E-state index is -3.57. The van der Waals surface area contributed by atoms with Crippen molar-refractivity contribution in [1.29, 1.82) is 0 Å². The molecule has 1 rings (SSSR count). The minimum absolute atomic E-state index is 0.0281. The van der Waals surface area contributed by atoms with Gasteiger partial charge in [-0.05, 0) is 25.5 Å². The standard InChI is InChI=1S/C14H25N3O3S/c1-11(2)15-9-13-5-6-14(16-10-13)21(18,19)17-7-8-20-12(3)4/h5-6,10-12,15,17H,7-9H2,1-4H3. The van der Waals surface area contributed by atoms with E-state index in [1.807, 2.05) is 13.8 Å². The molecule has 0 saturated heterocycles. The van der Waals surface area contributed by atoms with Gasteiger partial charge in [0.1, 0.15) is 0 Å². The third kappa shape index (κ3) is 6.99. The van der Waals surface area contributed by atoms with Crippen molar-refractivity contribution in [2.45, 2.75) is 51.4 Å². The van der Waals surface area contributed by atoms with Crippen LogP contribution in [-0.2, 0) is 21.3 Å². The van der Waals surface area contributed by atoms with Crippen molar-refractivity contribution in [2.75, 3.05) is 13.2 Å². The highest BCUT2D eigenvalue weighted by atomic mass is 32.2. The molecule has 0 amide bonds. The molecule has 0 unspecified atom stereocenters.